The highest BCUT2D eigenvalue weighted by atomic mass is 31.2. The van der Waals surface area contributed by atoms with Crippen molar-refractivity contribution >= 4 is 33.6 Å². The SMILES string of the molecule is CC/C=C\C/C=C\C/C=C\C/C=C\C/C=C\CCCCCCCCCC(=O)OCC(COP(=O)(O)OCC(O)COP(=O)(O)OCC(O)COC(=O)CCCCCCCCCCCCCCCCC/C=C\C/C=C\C/C=C\C/C=C\CCCCC)OC(=O)CCCCCCCCCCCCC. The highest BCUT2D eigenvalue weighted by Gasteiger charge is 2.29. The maximum absolute atomic E-state index is 12.9. The number of aliphatic hydroxyl groups excluding tert-OH is 2. The number of phosphoric ester groups is 2. The van der Waals surface area contributed by atoms with Crippen molar-refractivity contribution in [2.45, 2.75) is 360 Å². The van der Waals surface area contributed by atoms with Crippen LogP contribution in [0.25, 0.3) is 0 Å². The maximum Gasteiger partial charge on any atom is 0.472 e. The number of allylic oxidation sites excluding steroid dienone is 18. The van der Waals surface area contributed by atoms with Crippen LogP contribution in [0.3, 0.4) is 0 Å². The predicted molar refractivity (Wildman–Crippen MR) is 417 cm³/mol. The summed E-state index contributed by atoms with van der Waals surface area (Å²) in [6.07, 6.45) is 88.7. The van der Waals surface area contributed by atoms with Crippen molar-refractivity contribution in [2.75, 3.05) is 39.6 Å². The van der Waals surface area contributed by atoms with Crippen molar-refractivity contribution < 1.29 is 75.8 Å². The van der Waals surface area contributed by atoms with Gasteiger partial charge in [-0.15, -0.1) is 0 Å². The molecule has 0 heterocycles. The van der Waals surface area contributed by atoms with E-state index in [0.717, 1.165) is 141 Å². The average molecular weight is 1460 g/mol. The van der Waals surface area contributed by atoms with Gasteiger partial charge in [-0.25, -0.2) is 9.13 Å². The molecule has 16 nitrogen and oxygen atoms in total. The fourth-order valence-corrected chi connectivity index (χ4v) is 12.5. The highest BCUT2D eigenvalue weighted by Crippen LogP contribution is 2.45. The first-order chi connectivity index (χ1) is 49.2. The van der Waals surface area contributed by atoms with E-state index in [1.807, 2.05) is 0 Å². The average Bonchev–Trinajstić information content (AvgIpc) is 0.944. The van der Waals surface area contributed by atoms with Crippen LogP contribution in [0.1, 0.15) is 342 Å². The van der Waals surface area contributed by atoms with Crippen molar-refractivity contribution in [3.63, 3.8) is 0 Å². The standard InChI is InChI=1S/C83H146O16P2/c1-4-7-10-13-16-19-22-24-26-28-30-32-34-35-36-37-38-39-40-41-43-45-46-48-50-52-55-57-60-63-66-69-81(86)93-72-78(84)73-95-100(89,90)96-74-79(85)75-97-101(91,92)98-77-80(99-83(88)71-68-65-62-59-54-21-18-15-12-9-6-3)76-94-82(87)70-67-64-61-58-56-53-51-49-47-44-42-33-31-29-27-25-23-20-17-14-11-8-5-2/h8,11,16-17,19-20,24-27,30-33,35-36,44,47,78-80,84-85H,4-7,9-10,12-15,18,21-23,28-29,34,37-43,45-46,48-77H2,1-3H3,(H,89,90)(H,91,92)/b11-8-,19-16-,20-17-,26-24-,27-25-,32-30-,33-31-,36-35-,47-44-. The molecule has 0 rings (SSSR count). The summed E-state index contributed by atoms with van der Waals surface area (Å²) in [5.74, 6) is -1.58. The van der Waals surface area contributed by atoms with E-state index in [1.54, 1.807) is 0 Å². The minimum Gasteiger partial charge on any atom is -0.463 e. The van der Waals surface area contributed by atoms with Gasteiger partial charge in [0.25, 0.3) is 0 Å². The first-order valence-corrected chi connectivity index (χ1v) is 43.2. The third kappa shape index (κ3) is 77.1. The zero-order chi connectivity index (χ0) is 73.7. The molecule has 0 bridgehead atoms. The number of carbonyl (C=O) groups is 3. The lowest BCUT2D eigenvalue weighted by Gasteiger charge is -2.21. The van der Waals surface area contributed by atoms with Crippen LogP contribution in [0.15, 0.2) is 109 Å². The minimum atomic E-state index is -4.93. The van der Waals surface area contributed by atoms with Gasteiger partial charge in [-0.1, -0.05) is 323 Å². The smallest absolute Gasteiger partial charge is 0.463 e. The van der Waals surface area contributed by atoms with Crippen LogP contribution in [-0.4, -0.2) is 95.9 Å². The second-order valence-electron chi connectivity index (χ2n) is 26.8. The third-order valence-electron chi connectivity index (χ3n) is 17.0. The van der Waals surface area contributed by atoms with E-state index < -0.39 is 91.5 Å². The molecule has 4 N–H and O–H groups in total. The van der Waals surface area contributed by atoms with Gasteiger partial charge in [0.1, 0.15) is 25.4 Å². The molecule has 0 aliphatic carbocycles. The third-order valence-corrected chi connectivity index (χ3v) is 18.9. The first-order valence-electron chi connectivity index (χ1n) is 40.2. The van der Waals surface area contributed by atoms with Gasteiger partial charge in [0, 0.05) is 19.3 Å². The molecule has 0 aromatic heterocycles. The molecule has 0 radical (unpaired) electrons. The molecular weight excluding hydrogens is 1310 g/mol. The second-order valence-corrected chi connectivity index (χ2v) is 29.8. The molecule has 0 spiro atoms. The Morgan fingerprint density at radius 2 is 0.525 bits per heavy atom. The zero-order valence-electron chi connectivity index (χ0n) is 63.8. The van der Waals surface area contributed by atoms with E-state index in [2.05, 4.69) is 130 Å². The lowest BCUT2D eigenvalue weighted by molar-refractivity contribution is -0.161. The molecule has 0 amide bonds. The van der Waals surface area contributed by atoms with Gasteiger partial charge in [-0.05, 0) is 109 Å². The Labute approximate surface area is 615 Å². The number of aliphatic hydroxyl groups is 2. The number of esters is 3. The Balaban J connectivity index is 4.41. The van der Waals surface area contributed by atoms with Crippen molar-refractivity contribution in [1.29, 1.82) is 0 Å². The van der Waals surface area contributed by atoms with Gasteiger partial charge in [0.05, 0.1) is 26.4 Å². The van der Waals surface area contributed by atoms with E-state index in [9.17, 15) is 43.5 Å². The molecule has 0 aliphatic rings. The fraction of sp³-hybridized carbons (Fsp3) is 0.747. The number of ether oxygens (including phenoxy) is 3. The number of carbonyl (C=O) groups excluding carboxylic acids is 3. The number of unbranched alkanes of at least 4 members (excludes halogenated alkanes) is 35. The summed E-state index contributed by atoms with van der Waals surface area (Å²) >= 11 is 0. The summed E-state index contributed by atoms with van der Waals surface area (Å²) < 4.78 is 61.1. The van der Waals surface area contributed by atoms with E-state index in [1.165, 1.54) is 141 Å². The highest BCUT2D eigenvalue weighted by molar-refractivity contribution is 7.47. The number of phosphoric acid groups is 2. The van der Waals surface area contributed by atoms with E-state index >= 15 is 0 Å². The number of hydrogen-bond acceptors (Lipinski definition) is 14. The van der Waals surface area contributed by atoms with Crippen LogP contribution in [0.4, 0.5) is 0 Å². The molecule has 584 valence electrons. The van der Waals surface area contributed by atoms with Gasteiger partial charge >= 0.3 is 33.6 Å². The van der Waals surface area contributed by atoms with Crippen LogP contribution >= 0.6 is 15.6 Å². The van der Waals surface area contributed by atoms with Crippen LogP contribution in [0.2, 0.25) is 0 Å². The summed E-state index contributed by atoms with van der Waals surface area (Å²) in [7, 11) is -9.78. The Bertz CT molecular complexity index is 2270. The molecule has 0 aliphatic heterocycles. The molecule has 0 saturated carbocycles. The summed E-state index contributed by atoms with van der Waals surface area (Å²) in [4.78, 5) is 58.6. The largest absolute Gasteiger partial charge is 0.472 e. The Hall–Kier alpha value is -3.79. The minimum absolute atomic E-state index is 0.104. The molecule has 18 heteroatoms. The zero-order valence-corrected chi connectivity index (χ0v) is 65.6. The topological polar surface area (TPSA) is 231 Å². The van der Waals surface area contributed by atoms with Gasteiger partial charge in [0.2, 0.25) is 0 Å². The van der Waals surface area contributed by atoms with E-state index in [4.69, 9.17) is 32.3 Å². The Kier molecular flexibility index (Phi) is 73.0. The number of hydrogen-bond donors (Lipinski definition) is 4. The van der Waals surface area contributed by atoms with Gasteiger partial charge in [0.15, 0.2) is 6.10 Å². The maximum atomic E-state index is 12.9. The Morgan fingerprint density at radius 3 is 0.851 bits per heavy atom. The molecule has 0 saturated heterocycles. The first kappa shape index (κ1) is 97.2. The van der Waals surface area contributed by atoms with Crippen molar-refractivity contribution in [1.82, 2.24) is 0 Å². The molecule has 0 fully saturated rings. The molecular formula is C83H146O16P2. The summed E-state index contributed by atoms with van der Waals surface area (Å²) in [5, 5.41) is 20.6. The molecule has 101 heavy (non-hydrogen) atoms. The van der Waals surface area contributed by atoms with Crippen molar-refractivity contribution in [3.05, 3.63) is 109 Å². The fourth-order valence-electron chi connectivity index (χ4n) is 10.9. The van der Waals surface area contributed by atoms with Crippen LogP contribution < -0.4 is 0 Å². The molecule has 5 atom stereocenters. The second kappa shape index (κ2) is 75.9. The summed E-state index contributed by atoms with van der Waals surface area (Å²) in [5.41, 5.74) is 0. The quantitative estimate of drug-likeness (QED) is 0.0146. The Morgan fingerprint density at radius 1 is 0.287 bits per heavy atom. The van der Waals surface area contributed by atoms with Gasteiger partial charge in [-0.3, -0.25) is 32.5 Å². The van der Waals surface area contributed by atoms with Crippen LogP contribution in [0.5, 0.6) is 0 Å². The van der Waals surface area contributed by atoms with Gasteiger partial charge < -0.3 is 34.2 Å². The van der Waals surface area contributed by atoms with Crippen LogP contribution in [-0.2, 0) is 55.8 Å². The van der Waals surface area contributed by atoms with E-state index in [0.29, 0.717) is 19.3 Å². The summed E-state index contributed by atoms with van der Waals surface area (Å²) in [6.45, 7) is 2.55. The van der Waals surface area contributed by atoms with Gasteiger partial charge in [-0.2, -0.15) is 0 Å². The normalized spacial score (nSPS) is 14.6. The van der Waals surface area contributed by atoms with Crippen molar-refractivity contribution in [3.8, 4) is 0 Å². The monoisotopic (exact) mass is 1460 g/mol. The molecule has 5 unspecified atom stereocenters. The summed E-state index contributed by atoms with van der Waals surface area (Å²) in [6, 6.07) is 0. The number of rotatable bonds is 76. The van der Waals surface area contributed by atoms with Crippen LogP contribution in [0, 0.1) is 0 Å². The lowest BCUT2D eigenvalue weighted by Crippen LogP contribution is -2.30. The molecule has 0 aromatic rings. The lowest BCUT2D eigenvalue weighted by atomic mass is 10.0. The van der Waals surface area contributed by atoms with E-state index in [-0.39, 0.29) is 19.3 Å². The molecule has 0 aromatic carbocycles. The van der Waals surface area contributed by atoms with Crippen molar-refractivity contribution in [2.24, 2.45) is 0 Å². The predicted octanol–water partition coefficient (Wildman–Crippen LogP) is 23.5.